The van der Waals surface area contributed by atoms with Crippen LogP contribution in [0.2, 0.25) is 0 Å². The molecular weight excluding hydrogens is 400 g/mol. The molecule has 1 aliphatic rings. The lowest BCUT2D eigenvalue weighted by Crippen LogP contribution is -2.43. The molecule has 0 aliphatic carbocycles. The topological polar surface area (TPSA) is 70.4 Å². The van der Waals surface area contributed by atoms with Gasteiger partial charge in [-0.3, -0.25) is 14.5 Å². The fourth-order valence-electron chi connectivity index (χ4n) is 3.60. The van der Waals surface area contributed by atoms with Gasteiger partial charge in [0.25, 0.3) is 11.8 Å². The summed E-state index contributed by atoms with van der Waals surface area (Å²) in [6.07, 6.45) is 5.55. The Labute approximate surface area is 189 Å². The minimum absolute atomic E-state index is 0.0363. The Morgan fingerprint density at radius 1 is 0.969 bits per heavy atom. The Balaban J connectivity index is 1.77. The van der Waals surface area contributed by atoms with Crippen LogP contribution in [0.3, 0.4) is 0 Å². The number of unbranched alkanes of at least 4 members (excludes halogenated alkanes) is 3. The minimum atomic E-state index is -0.492. The molecule has 2 aromatic rings. The summed E-state index contributed by atoms with van der Waals surface area (Å²) in [6, 6.07) is 19.3. The third kappa shape index (κ3) is 5.53. The van der Waals surface area contributed by atoms with Gasteiger partial charge in [-0.15, -0.1) is 0 Å². The summed E-state index contributed by atoms with van der Waals surface area (Å²) in [7, 11) is 0. The number of hydrogen-bond acceptors (Lipinski definition) is 4. The molecule has 0 spiro atoms. The lowest BCUT2D eigenvalue weighted by Gasteiger charge is -2.27. The number of nitrogens with zero attached hydrogens (tertiary/aromatic N) is 2. The number of amides is 2. The van der Waals surface area contributed by atoms with Gasteiger partial charge in [0.15, 0.2) is 0 Å². The number of carbonyl (C=O) groups excluding carboxylic acids is 2. The molecule has 2 amide bonds. The smallest absolute Gasteiger partial charge is 0.271 e. The van der Waals surface area contributed by atoms with E-state index in [0.29, 0.717) is 24.3 Å². The molecule has 164 valence electrons. The van der Waals surface area contributed by atoms with Crippen LogP contribution in [-0.2, 0) is 16.2 Å². The highest BCUT2D eigenvalue weighted by Crippen LogP contribution is 2.28. The van der Waals surface area contributed by atoms with Crippen LogP contribution >= 0.6 is 0 Å². The predicted octanol–water partition coefficient (Wildman–Crippen LogP) is 5.44. The third-order valence-electron chi connectivity index (χ3n) is 5.50. The van der Waals surface area contributed by atoms with Crippen molar-refractivity contribution in [3.8, 4) is 11.8 Å². The number of nitriles is 1. The predicted molar refractivity (Wildman–Crippen MR) is 124 cm³/mol. The van der Waals surface area contributed by atoms with Crippen LogP contribution in [0.4, 0.5) is 0 Å². The van der Waals surface area contributed by atoms with E-state index < -0.39 is 5.91 Å². The summed E-state index contributed by atoms with van der Waals surface area (Å²) < 4.78 is 5.82. The molecule has 3 rings (SSSR count). The first-order valence-corrected chi connectivity index (χ1v) is 11.0. The van der Waals surface area contributed by atoms with Gasteiger partial charge >= 0.3 is 0 Å². The van der Waals surface area contributed by atoms with E-state index >= 15 is 0 Å². The summed E-state index contributed by atoms with van der Waals surface area (Å²) in [6.45, 7) is 4.57. The maximum atomic E-state index is 13.1. The molecule has 5 heteroatoms. The molecule has 0 fully saturated rings. The van der Waals surface area contributed by atoms with Crippen LogP contribution in [0.1, 0.15) is 50.7 Å². The highest BCUT2D eigenvalue weighted by atomic mass is 16.5. The molecule has 5 nitrogen and oxygen atoms in total. The van der Waals surface area contributed by atoms with Crippen molar-refractivity contribution in [3.63, 3.8) is 0 Å². The molecule has 0 bridgehead atoms. The zero-order chi connectivity index (χ0) is 22.9. The largest absolute Gasteiger partial charge is 0.489 e. The highest BCUT2D eigenvalue weighted by Gasteiger charge is 2.34. The summed E-state index contributed by atoms with van der Waals surface area (Å²) in [5.74, 6) is -0.107. The molecule has 0 atom stereocenters. The van der Waals surface area contributed by atoms with Gasteiger partial charge in [-0.1, -0.05) is 68.7 Å². The normalized spacial score (nSPS) is 15.3. The van der Waals surface area contributed by atoms with Gasteiger partial charge in [0.2, 0.25) is 0 Å². The Hall–Kier alpha value is -3.65. The van der Waals surface area contributed by atoms with E-state index in [1.54, 1.807) is 13.0 Å². The maximum Gasteiger partial charge on any atom is 0.271 e. The molecule has 1 heterocycles. The van der Waals surface area contributed by atoms with E-state index in [0.717, 1.165) is 42.6 Å². The lowest BCUT2D eigenvalue weighted by molar-refractivity contribution is -0.140. The van der Waals surface area contributed by atoms with Gasteiger partial charge in [0, 0.05) is 12.1 Å². The van der Waals surface area contributed by atoms with Crippen LogP contribution in [-0.4, -0.2) is 23.3 Å². The second-order valence-electron chi connectivity index (χ2n) is 7.84. The van der Waals surface area contributed by atoms with Crippen LogP contribution in [0.25, 0.3) is 6.08 Å². The highest BCUT2D eigenvalue weighted by molar-refractivity contribution is 6.19. The van der Waals surface area contributed by atoms with Crippen molar-refractivity contribution >= 4 is 17.9 Å². The Morgan fingerprint density at radius 3 is 2.34 bits per heavy atom. The zero-order valence-electron chi connectivity index (χ0n) is 18.6. The fourth-order valence-corrected chi connectivity index (χ4v) is 3.60. The van der Waals surface area contributed by atoms with E-state index in [1.165, 1.54) is 4.90 Å². The summed E-state index contributed by atoms with van der Waals surface area (Å²) >= 11 is 0. The van der Waals surface area contributed by atoms with Crippen LogP contribution in [0.15, 0.2) is 71.3 Å². The number of hydrogen-bond donors (Lipinski definition) is 0. The van der Waals surface area contributed by atoms with Crippen molar-refractivity contribution in [2.24, 2.45) is 0 Å². The zero-order valence-corrected chi connectivity index (χ0v) is 18.6. The molecule has 32 heavy (non-hydrogen) atoms. The van der Waals surface area contributed by atoms with Gasteiger partial charge in [0.1, 0.15) is 24.0 Å². The SMILES string of the molecule is CCCCCCN1C(=O)C(C#N)=C(C)/C(=C\c2ccc(OCc3ccccc3)cc2)C1=O. The monoisotopic (exact) mass is 428 g/mol. The fraction of sp³-hybridized carbons (Fsp3) is 0.296. The summed E-state index contributed by atoms with van der Waals surface area (Å²) in [5.41, 5.74) is 2.73. The van der Waals surface area contributed by atoms with E-state index in [2.05, 4.69) is 6.92 Å². The van der Waals surface area contributed by atoms with Gasteiger partial charge < -0.3 is 4.74 Å². The van der Waals surface area contributed by atoms with Crippen molar-refractivity contribution in [1.82, 2.24) is 4.90 Å². The van der Waals surface area contributed by atoms with Crippen LogP contribution < -0.4 is 4.74 Å². The second-order valence-corrected chi connectivity index (χ2v) is 7.84. The van der Waals surface area contributed by atoms with Crippen molar-refractivity contribution < 1.29 is 14.3 Å². The van der Waals surface area contributed by atoms with E-state index in [1.807, 2.05) is 60.7 Å². The lowest BCUT2D eigenvalue weighted by atomic mass is 9.93. The molecule has 0 radical (unpaired) electrons. The number of ether oxygens (including phenoxy) is 1. The minimum Gasteiger partial charge on any atom is -0.489 e. The Bertz CT molecular complexity index is 1060. The number of carbonyl (C=O) groups is 2. The molecular formula is C27H28N2O3. The van der Waals surface area contributed by atoms with E-state index in [-0.39, 0.29) is 11.5 Å². The first-order valence-electron chi connectivity index (χ1n) is 11.0. The van der Waals surface area contributed by atoms with Crippen molar-refractivity contribution in [1.29, 1.82) is 5.26 Å². The average Bonchev–Trinajstić information content (AvgIpc) is 2.82. The first-order chi connectivity index (χ1) is 15.5. The van der Waals surface area contributed by atoms with Crippen LogP contribution in [0, 0.1) is 11.3 Å². The molecule has 1 aliphatic heterocycles. The van der Waals surface area contributed by atoms with Crippen LogP contribution in [0.5, 0.6) is 5.75 Å². The number of rotatable bonds is 9. The van der Waals surface area contributed by atoms with Crippen molar-refractivity contribution in [3.05, 3.63) is 82.4 Å². The maximum absolute atomic E-state index is 13.1. The van der Waals surface area contributed by atoms with Crippen molar-refractivity contribution in [2.75, 3.05) is 6.54 Å². The summed E-state index contributed by atoms with van der Waals surface area (Å²) in [4.78, 5) is 26.9. The van der Waals surface area contributed by atoms with Gasteiger partial charge in [-0.2, -0.15) is 5.26 Å². The Kier molecular flexibility index (Phi) is 7.99. The standard InChI is InChI=1S/C27H28N2O3/c1-3-4-5-9-16-29-26(30)24(20(2)25(18-28)27(29)31)17-21-12-14-23(15-13-21)32-19-22-10-7-6-8-11-22/h6-8,10-15,17H,3-5,9,16,19H2,1-2H3/b24-17+. The first kappa shape index (κ1) is 23.0. The molecule has 0 aromatic heterocycles. The van der Waals surface area contributed by atoms with Gasteiger partial charge in [-0.25, -0.2) is 0 Å². The third-order valence-corrected chi connectivity index (χ3v) is 5.50. The number of benzene rings is 2. The Morgan fingerprint density at radius 2 is 1.69 bits per heavy atom. The van der Waals surface area contributed by atoms with Gasteiger partial charge in [-0.05, 0) is 48.3 Å². The van der Waals surface area contributed by atoms with Gasteiger partial charge in [0.05, 0.1) is 0 Å². The molecule has 0 N–H and O–H groups in total. The quantitative estimate of drug-likeness (QED) is 0.303. The van der Waals surface area contributed by atoms with E-state index in [9.17, 15) is 14.9 Å². The average molecular weight is 429 g/mol. The number of imide groups is 1. The second kappa shape index (κ2) is 11.1. The van der Waals surface area contributed by atoms with E-state index in [4.69, 9.17) is 4.74 Å². The molecule has 0 saturated heterocycles. The summed E-state index contributed by atoms with van der Waals surface area (Å²) in [5, 5.41) is 9.51. The molecule has 0 unspecified atom stereocenters. The van der Waals surface area contributed by atoms with Crippen molar-refractivity contribution in [2.45, 2.75) is 46.1 Å². The molecule has 2 aromatic carbocycles. The molecule has 0 saturated carbocycles.